The monoisotopic (exact) mass is 229 g/mol. The third-order valence-electron chi connectivity index (χ3n) is 3.70. The molecule has 0 aliphatic carbocycles. The summed E-state index contributed by atoms with van der Waals surface area (Å²) < 4.78 is 16.6. The molecule has 0 bridgehead atoms. The summed E-state index contributed by atoms with van der Waals surface area (Å²) in [5.41, 5.74) is 0.0320. The average molecular weight is 229 g/mol. The summed E-state index contributed by atoms with van der Waals surface area (Å²) in [5.74, 6) is 0. The SMILES string of the molecule is COCCCC1NCCOC12CCOCC2. The largest absolute Gasteiger partial charge is 0.385 e. The van der Waals surface area contributed by atoms with E-state index in [9.17, 15) is 0 Å². The first-order valence-electron chi connectivity index (χ1n) is 6.31. The molecule has 2 saturated heterocycles. The predicted molar refractivity (Wildman–Crippen MR) is 61.6 cm³/mol. The zero-order valence-electron chi connectivity index (χ0n) is 10.2. The van der Waals surface area contributed by atoms with Gasteiger partial charge in [0.15, 0.2) is 0 Å². The Morgan fingerprint density at radius 1 is 1.31 bits per heavy atom. The Hall–Kier alpha value is -0.160. The first-order chi connectivity index (χ1) is 7.87. The lowest BCUT2D eigenvalue weighted by Crippen LogP contribution is -2.60. The number of hydrogen-bond acceptors (Lipinski definition) is 4. The molecule has 94 valence electrons. The summed E-state index contributed by atoms with van der Waals surface area (Å²) in [4.78, 5) is 0. The molecule has 1 atom stereocenters. The fraction of sp³-hybridized carbons (Fsp3) is 1.00. The van der Waals surface area contributed by atoms with Crippen LogP contribution in [0.25, 0.3) is 0 Å². The van der Waals surface area contributed by atoms with Crippen LogP contribution >= 0.6 is 0 Å². The maximum absolute atomic E-state index is 6.07. The molecule has 2 rings (SSSR count). The van der Waals surface area contributed by atoms with Gasteiger partial charge in [-0.25, -0.2) is 0 Å². The first kappa shape index (κ1) is 12.3. The molecule has 2 heterocycles. The fourth-order valence-corrected chi connectivity index (χ4v) is 2.78. The van der Waals surface area contributed by atoms with Crippen LogP contribution in [0.2, 0.25) is 0 Å². The van der Waals surface area contributed by atoms with E-state index in [1.165, 1.54) is 0 Å². The molecular weight excluding hydrogens is 206 g/mol. The lowest BCUT2D eigenvalue weighted by atomic mass is 9.82. The molecule has 1 spiro atoms. The maximum atomic E-state index is 6.07. The van der Waals surface area contributed by atoms with Crippen molar-refractivity contribution in [2.24, 2.45) is 0 Å². The Balaban J connectivity index is 1.90. The number of methoxy groups -OCH3 is 1. The van der Waals surface area contributed by atoms with Gasteiger partial charge in [-0.15, -0.1) is 0 Å². The van der Waals surface area contributed by atoms with Crippen LogP contribution in [0.4, 0.5) is 0 Å². The summed E-state index contributed by atoms with van der Waals surface area (Å²) in [6.07, 6.45) is 4.28. The van der Waals surface area contributed by atoms with E-state index < -0.39 is 0 Å². The zero-order chi connectivity index (χ0) is 11.3. The predicted octanol–water partition coefficient (Wildman–Crippen LogP) is 0.951. The van der Waals surface area contributed by atoms with Crippen LogP contribution in [0.1, 0.15) is 25.7 Å². The summed E-state index contributed by atoms with van der Waals surface area (Å²) in [6.45, 7) is 4.32. The highest BCUT2D eigenvalue weighted by Gasteiger charge is 2.42. The van der Waals surface area contributed by atoms with Gasteiger partial charge < -0.3 is 19.5 Å². The summed E-state index contributed by atoms with van der Waals surface area (Å²) in [6, 6.07) is 0.472. The van der Waals surface area contributed by atoms with Gasteiger partial charge in [0.25, 0.3) is 0 Å². The highest BCUT2D eigenvalue weighted by molar-refractivity contribution is 4.97. The van der Waals surface area contributed by atoms with Crippen LogP contribution in [0.15, 0.2) is 0 Å². The Morgan fingerprint density at radius 3 is 2.88 bits per heavy atom. The Morgan fingerprint density at radius 2 is 2.12 bits per heavy atom. The van der Waals surface area contributed by atoms with E-state index >= 15 is 0 Å². The minimum Gasteiger partial charge on any atom is -0.385 e. The van der Waals surface area contributed by atoms with E-state index in [4.69, 9.17) is 14.2 Å². The minimum atomic E-state index is 0.0320. The number of hydrogen-bond donors (Lipinski definition) is 1. The topological polar surface area (TPSA) is 39.7 Å². The molecule has 0 amide bonds. The van der Waals surface area contributed by atoms with Gasteiger partial charge in [0, 0.05) is 52.4 Å². The van der Waals surface area contributed by atoms with E-state index in [-0.39, 0.29) is 5.60 Å². The van der Waals surface area contributed by atoms with E-state index in [0.29, 0.717) is 6.04 Å². The molecule has 0 saturated carbocycles. The molecule has 0 aromatic heterocycles. The van der Waals surface area contributed by atoms with Crippen molar-refractivity contribution >= 4 is 0 Å². The first-order valence-corrected chi connectivity index (χ1v) is 6.31. The third-order valence-corrected chi connectivity index (χ3v) is 3.70. The fourth-order valence-electron chi connectivity index (χ4n) is 2.78. The molecule has 2 fully saturated rings. The molecule has 4 nitrogen and oxygen atoms in total. The number of ether oxygens (including phenoxy) is 3. The third kappa shape index (κ3) is 2.74. The van der Waals surface area contributed by atoms with Crippen molar-refractivity contribution in [3.63, 3.8) is 0 Å². The van der Waals surface area contributed by atoms with Crippen molar-refractivity contribution in [1.82, 2.24) is 5.32 Å². The van der Waals surface area contributed by atoms with Gasteiger partial charge in [0.1, 0.15) is 0 Å². The van der Waals surface area contributed by atoms with Crippen LogP contribution in [0.5, 0.6) is 0 Å². The van der Waals surface area contributed by atoms with Gasteiger partial charge in [0.05, 0.1) is 12.2 Å². The van der Waals surface area contributed by atoms with E-state index in [2.05, 4.69) is 5.32 Å². The Kier molecular flexibility index (Phi) is 4.58. The van der Waals surface area contributed by atoms with Crippen LogP contribution in [-0.2, 0) is 14.2 Å². The van der Waals surface area contributed by atoms with Crippen LogP contribution in [-0.4, -0.2) is 51.7 Å². The molecular formula is C12H23NO3. The molecule has 4 heteroatoms. The van der Waals surface area contributed by atoms with Crippen molar-refractivity contribution in [2.75, 3.05) is 40.1 Å². The second-order valence-corrected chi connectivity index (χ2v) is 4.67. The normalized spacial score (nSPS) is 29.4. The van der Waals surface area contributed by atoms with Gasteiger partial charge >= 0.3 is 0 Å². The van der Waals surface area contributed by atoms with Crippen molar-refractivity contribution < 1.29 is 14.2 Å². The van der Waals surface area contributed by atoms with Crippen LogP contribution < -0.4 is 5.32 Å². The molecule has 1 N–H and O–H groups in total. The lowest BCUT2D eigenvalue weighted by molar-refractivity contribution is -0.149. The van der Waals surface area contributed by atoms with Crippen molar-refractivity contribution in [2.45, 2.75) is 37.3 Å². The number of rotatable bonds is 4. The van der Waals surface area contributed by atoms with Gasteiger partial charge in [-0.05, 0) is 12.8 Å². The standard InChI is InChI=1S/C12H23NO3/c1-14-7-2-3-11-12(16-10-6-13-11)4-8-15-9-5-12/h11,13H,2-10H2,1H3. The number of nitrogens with one attached hydrogen (secondary N) is 1. The average Bonchev–Trinajstić information content (AvgIpc) is 2.33. The van der Waals surface area contributed by atoms with Gasteiger partial charge in [0.2, 0.25) is 0 Å². The smallest absolute Gasteiger partial charge is 0.0879 e. The molecule has 2 aliphatic rings. The van der Waals surface area contributed by atoms with Gasteiger partial charge in [-0.2, -0.15) is 0 Å². The van der Waals surface area contributed by atoms with Crippen LogP contribution in [0.3, 0.4) is 0 Å². The maximum Gasteiger partial charge on any atom is 0.0879 e. The minimum absolute atomic E-state index is 0.0320. The Labute approximate surface area is 97.6 Å². The molecule has 0 aromatic rings. The van der Waals surface area contributed by atoms with Gasteiger partial charge in [-0.1, -0.05) is 0 Å². The van der Waals surface area contributed by atoms with E-state index in [0.717, 1.165) is 58.7 Å². The van der Waals surface area contributed by atoms with E-state index in [1.54, 1.807) is 7.11 Å². The summed E-state index contributed by atoms with van der Waals surface area (Å²) >= 11 is 0. The molecule has 16 heavy (non-hydrogen) atoms. The van der Waals surface area contributed by atoms with Crippen molar-refractivity contribution in [3.05, 3.63) is 0 Å². The lowest BCUT2D eigenvalue weighted by Gasteiger charge is -2.46. The number of morpholine rings is 1. The quantitative estimate of drug-likeness (QED) is 0.729. The summed E-state index contributed by atoms with van der Waals surface area (Å²) in [7, 11) is 1.76. The second kappa shape index (κ2) is 5.96. The van der Waals surface area contributed by atoms with E-state index in [1.807, 2.05) is 0 Å². The molecule has 0 aromatic carbocycles. The highest BCUT2D eigenvalue weighted by Crippen LogP contribution is 2.32. The van der Waals surface area contributed by atoms with Crippen LogP contribution in [0, 0.1) is 0 Å². The molecule has 0 radical (unpaired) electrons. The second-order valence-electron chi connectivity index (χ2n) is 4.67. The molecule has 1 unspecified atom stereocenters. The Bertz CT molecular complexity index is 196. The van der Waals surface area contributed by atoms with Crippen molar-refractivity contribution in [1.29, 1.82) is 0 Å². The highest BCUT2D eigenvalue weighted by atomic mass is 16.5. The molecule has 2 aliphatic heterocycles. The van der Waals surface area contributed by atoms with Crippen molar-refractivity contribution in [3.8, 4) is 0 Å². The zero-order valence-corrected chi connectivity index (χ0v) is 10.2. The summed E-state index contributed by atoms with van der Waals surface area (Å²) in [5, 5.41) is 3.60. The van der Waals surface area contributed by atoms with Gasteiger partial charge in [-0.3, -0.25) is 0 Å².